The minimum absolute atomic E-state index is 0.0965. The van der Waals surface area contributed by atoms with Gasteiger partial charge in [-0.15, -0.1) is 0 Å². The Kier molecular flexibility index (Phi) is 4.61. The molecule has 0 aliphatic rings. The summed E-state index contributed by atoms with van der Waals surface area (Å²) in [6.45, 7) is 0.0965. The average molecular weight is 360 g/mol. The number of hydrogen-bond acceptors (Lipinski definition) is 4. The summed E-state index contributed by atoms with van der Waals surface area (Å²) in [7, 11) is -2.07. The second-order valence-corrected chi connectivity index (χ2v) is 7.62. The van der Waals surface area contributed by atoms with Gasteiger partial charge >= 0.3 is 0 Å². The molecule has 3 rings (SSSR count). The van der Waals surface area contributed by atoms with Crippen molar-refractivity contribution >= 4 is 22.2 Å². The van der Waals surface area contributed by atoms with Crippen molar-refractivity contribution in [2.24, 2.45) is 0 Å². The molecule has 0 amide bonds. The van der Waals surface area contributed by atoms with Gasteiger partial charge in [0, 0.05) is 12.7 Å². The monoisotopic (exact) mass is 360 g/mol. The van der Waals surface area contributed by atoms with E-state index in [2.05, 4.69) is 10.2 Å². The van der Waals surface area contributed by atoms with Crippen molar-refractivity contribution in [1.82, 2.24) is 19.1 Å². The predicted molar refractivity (Wildman–Crippen MR) is 93.8 cm³/mol. The molecule has 24 heavy (non-hydrogen) atoms. The van der Waals surface area contributed by atoms with Crippen molar-refractivity contribution in [3.63, 3.8) is 0 Å². The summed E-state index contributed by atoms with van der Waals surface area (Å²) < 4.78 is 28.7. The number of sulfonamides is 1. The molecule has 0 unspecified atom stereocenters. The predicted octanol–water partition coefficient (Wildman–Crippen LogP) is 2.75. The highest BCUT2D eigenvalue weighted by Crippen LogP contribution is 2.17. The maximum Gasteiger partial charge on any atom is 0.243 e. The van der Waals surface area contributed by atoms with Crippen LogP contribution in [0.3, 0.4) is 0 Å². The lowest BCUT2D eigenvalue weighted by molar-refractivity contribution is 0.453. The smallest absolute Gasteiger partial charge is 0.243 e. The zero-order valence-electron chi connectivity index (χ0n) is 13.0. The summed E-state index contributed by atoms with van der Waals surface area (Å²) in [6.07, 6.45) is 0. The minimum Gasteiger partial charge on any atom is -0.271 e. The highest BCUT2D eigenvalue weighted by atomic mass is 32.2. The van der Waals surface area contributed by atoms with E-state index in [9.17, 15) is 8.42 Å². The lowest BCUT2D eigenvalue weighted by Crippen LogP contribution is -2.27. The van der Waals surface area contributed by atoms with Crippen LogP contribution in [-0.4, -0.2) is 34.5 Å². The van der Waals surface area contributed by atoms with Gasteiger partial charge in [-0.3, -0.25) is 9.67 Å². The average Bonchev–Trinajstić information content (AvgIpc) is 2.96. The number of H-pyrrole nitrogens is 1. The van der Waals surface area contributed by atoms with Crippen molar-refractivity contribution in [1.29, 1.82) is 0 Å². The molecule has 8 heteroatoms. The number of nitrogens with zero attached hydrogens (tertiary/aromatic N) is 3. The number of benzene rings is 2. The van der Waals surface area contributed by atoms with Crippen LogP contribution in [-0.2, 0) is 16.6 Å². The molecule has 0 saturated carbocycles. The van der Waals surface area contributed by atoms with Crippen molar-refractivity contribution in [3.05, 3.63) is 71.3 Å². The molecule has 0 spiro atoms. The van der Waals surface area contributed by atoms with Crippen LogP contribution < -0.4 is 0 Å². The number of aromatic nitrogens is 3. The Bertz CT molecular complexity index is 980. The maximum absolute atomic E-state index is 12.6. The lowest BCUT2D eigenvalue weighted by atomic mass is 10.3. The van der Waals surface area contributed by atoms with Gasteiger partial charge in [0.15, 0.2) is 10.6 Å². The van der Waals surface area contributed by atoms with E-state index < -0.39 is 10.0 Å². The van der Waals surface area contributed by atoms with Crippen molar-refractivity contribution in [2.45, 2.75) is 11.4 Å². The van der Waals surface area contributed by atoms with E-state index in [1.54, 1.807) is 34.9 Å². The number of hydrogen-bond donors (Lipinski definition) is 1. The Hall–Kier alpha value is -2.29. The van der Waals surface area contributed by atoms with Gasteiger partial charge in [0.25, 0.3) is 0 Å². The molecule has 0 atom stereocenters. The SMILES string of the molecule is CN(Cc1n[nH]c(=S)n1-c1ccccc1)S(=O)(=O)c1ccccc1. The largest absolute Gasteiger partial charge is 0.271 e. The zero-order valence-corrected chi connectivity index (χ0v) is 14.6. The minimum atomic E-state index is -3.59. The first kappa shape index (κ1) is 16.6. The molecule has 2 aromatic carbocycles. The number of rotatable bonds is 5. The summed E-state index contributed by atoms with van der Waals surface area (Å²) in [5.74, 6) is 0.521. The summed E-state index contributed by atoms with van der Waals surface area (Å²) >= 11 is 5.27. The first-order valence-corrected chi connectivity index (χ1v) is 9.08. The normalized spacial score (nSPS) is 11.8. The second kappa shape index (κ2) is 6.68. The van der Waals surface area contributed by atoms with E-state index >= 15 is 0 Å². The summed E-state index contributed by atoms with van der Waals surface area (Å²) in [5.41, 5.74) is 0.830. The molecule has 1 N–H and O–H groups in total. The third-order valence-corrected chi connectivity index (χ3v) is 5.66. The van der Waals surface area contributed by atoms with E-state index in [0.29, 0.717) is 10.6 Å². The Morgan fingerprint density at radius 1 is 1.08 bits per heavy atom. The van der Waals surface area contributed by atoms with Crippen LogP contribution in [0.25, 0.3) is 5.69 Å². The Balaban J connectivity index is 1.94. The van der Waals surface area contributed by atoms with Gasteiger partial charge in [0.1, 0.15) is 0 Å². The number of nitrogens with one attached hydrogen (secondary N) is 1. The number of para-hydroxylation sites is 1. The molecule has 0 aliphatic carbocycles. The lowest BCUT2D eigenvalue weighted by Gasteiger charge is -2.17. The quantitative estimate of drug-likeness (QED) is 0.710. The van der Waals surface area contributed by atoms with Crippen LogP contribution in [0.5, 0.6) is 0 Å². The van der Waals surface area contributed by atoms with Gasteiger partial charge in [-0.05, 0) is 36.5 Å². The summed E-state index contributed by atoms with van der Waals surface area (Å²) in [5, 5.41) is 6.91. The molecule has 1 aromatic heterocycles. The second-order valence-electron chi connectivity index (χ2n) is 5.19. The van der Waals surface area contributed by atoms with Crippen LogP contribution in [0.1, 0.15) is 5.82 Å². The van der Waals surface area contributed by atoms with Gasteiger partial charge < -0.3 is 0 Å². The van der Waals surface area contributed by atoms with Gasteiger partial charge in [-0.1, -0.05) is 36.4 Å². The number of aromatic amines is 1. The molecule has 124 valence electrons. The fraction of sp³-hybridized carbons (Fsp3) is 0.125. The highest BCUT2D eigenvalue weighted by Gasteiger charge is 2.22. The van der Waals surface area contributed by atoms with E-state index in [0.717, 1.165) is 5.69 Å². The molecule has 0 fully saturated rings. The van der Waals surface area contributed by atoms with Crippen LogP contribution in [0.15, 0.2) is 65.6 Å². The molecule has 0 bridgehead atoms. The van der Waals surface area contributed by atoms with Gasteiger partial charge in [-0.2, -0.15) is 9.40 Å². The van der Waals surface area contributed by atoms with Crippen LogP contribution >= 0.6 is 12.2 Å². The van der Waals surface area contributed by atoms with Gasteiger partial charge in [0.2, 0.25) is 10.0 Å². The molecule has 1 heterocycles. The Labute approximate surface area is 145 Å². The van der Waals surface area contributed by atoms with E-state index in [4.69, 9.17) is 12.2 Å². The zero-order chi connectivity index (χ0) is 17.2. The molecule has 3 aromatic rings. The first-order valence-electron chi connectivity index (χ1n) is 7.23. The van der Waals surface area contributed by atoms with Crippen LogP contribution in [0.4, 0.5) is 0 Å². The topological polar surface area (TPSA) is 71.0 Å². The molecule has 0 radical (unpaired) electrons. The van der Waals surface area contributed by atoms with Gasteiger partial charge in [-0.25, -0.2) is 8.42 Å². The summed E-state index contributed by atoms with van der Waals surface area (Å²) in [4.78, 5) is 0.243. The third-order valence-electron chi connectivity index (χ3n) is 3.57. The molecule has 6 nitrogen and oxygen atoms in total. The van der Waals surface area contributed by atoms with Crippen molar-refractivity contribution < 1.29 is 8.42 Å². The Morgan fingerprint density at radius 3 is 2.29 bits per heavy atom. The Morgan fingerprint density at radius 2 is 1.67 bits per heavy atom. The maximum atomic E-state index is 12.6. The molecular weight excluding hydrogens is 344 g/mol. The molecule has 0 aliphatic heterocycles. The van der Waals surface area contributed by atoms with Crippen molar-refractivity contribution in [2.75, 3.05) is 7.05 Å². The van der Waals surface area contributed by atoms with Crippen LogP contribution in [0, 0.1) is 4.77 Å². The molecule has 0 saturated heterocycles. The van der Waals surface area contributed by atoms with Gasteiger partial charge in [0.05, 0.1) is 11.4 Å². The van der Waals surface area contributed by atoms with E-state index in [1.165, 1.54) is 11.4 Å². The molecular formula is C16H16N4O2S2. The van der Waals surface area contributed by atoms with E-state index in [-0.39, 0.29) is 11.4 Å². The third kappa shape index (κ3) is 3.16. The fourth-order valence-electron chi connectivity index (χ4n) is 2.34. The standard InChI is InChI=1S/C16H16N4O2S2/c1-19(24(21,22)14-10-6-3-7-11-14)12-15-17-18-16(23)20(15)13-8-4-2-5-9-13/h2-11H,12H2,1H3,(H,18,23). The van der Waals surface area contributed by atoms with Crippen molar-refractivity contribution in [3.8, 4) is 5.69 Å². The summed E-state index contributed by atoms with van der Waals surface area (Å²) in [6, 6.07) is 17.8. The first-order chi connectivity index (χ1) is 11.5. The van der Waals surface area contributed by atoms with Crippen LogP contribution in [0.2, 0.25) is 0 Å². The highest BCUT2D eigenvalue weighted by molar-refractivity contribution is 7.89. The fourth-order valence-corrected chi connectivity index (χ4v) is 3.74. The van der Waals surface area contributed by atoms with E-state index in [1.807, 2.05) is 30.3 Å².